The number of aryl methyl sites for hydroxylation is 1. The lowest BCUT2D eigenvalue weighted by Gasteiger charge is -2.18. The third-order valence-corrected chi connectivity index (χ3v) is 6.67. The Morgan fingerprint density at radius 1 is 1.08 bits per heavy atom. The molecule has 0 saturated heterocycles. The molecular formula is C26H25ClFN5O2S. The molecule has 186 valence electrons. The fourth-order valence-electron chi connectivity index (χ4n) is 3.37. The van der Waals surface area contributed by atoms with Crippen molar-refractivity contribution in [1.29, 1.82) is 0 Å². The third-order valence-electron chi connectivity index (χ3n) is 5.47. The Morgan fingerprint density at radius 2 is 1.86 bits per heavy atom. The highest BCUT2D eigenvalue weighted by Crippen LogP contribution is 2.34. The molecule has 2 heterocycles. The van der Waals surface area contributed by atoms with Crippen LogP contribution in [0, 0.1) is 18.2 Å². The molecule has 0 aliphatic carbocycles. The fourth-order valence-corrected chi connectivity index (χ4v) is 4.35. The van der Waals surface area contributed by atoms with E-state index < -0.39 is 11.3 Å². The van der Waals surface area contributed by atoms with Gasteiger partial charge < -0.3 is 16.0 Å². The number of aromatic nitrogens is 2. The van der Waals surface area contributed by atoms with Gasteiger partial charge in [0.15, 0.2) is 5.82 Å². The minimum absolute atomic E-state index is 0.0920. The summed E-state index contributed by atoms with van der Waals surface area (Å²) in [6, 6.07) is 11.2. The summed E-state index contributed by atoms with van der Waals surface area (Å²) in [5, 5.41) is 9.17. The first-order valence-corrected chi connectivity index (χ1v) is 12.3. The number of anilines is 3. The summed E-state index contributed by atoms with van der Waals surface area (Å²) in [5.41, 5.74) is 3.02. The maximum atomic E-state index is 13.7. The molecule has 7 nitrogen and oxygen atoms in total. The molecule has 0 spiro atoms. The largest absolute Gasteiger partial charge is 0.352 e. The quantitative estimate of drug-likeness (QED) is 0.269. The molecule has 0 saturated carbocycles. The van der Waals surface area contributed by atoms with E-state index in [4.69, 9.17) is 11.6 Å². The number of nitrogens with zero attached hydrogens (tertiary/aromatic N) is 2. The first-order chi connectivity index (χ1) is 17.0. The van der Waals surface area contributed by atoms with Gasteiger partial charge in [0.25, 0.3) is 5.91 Å². The number of nitrogens with one attached hydrogen (secondary N) is 3. The Morgan fingerprint density at radius 3 is 2.61 bits per heavy atom. The average molecular weight is 526 g/mol. The molecular weight excluding hydrogens is 501 g/mol. The fraction of sp³-hybridized carbons (Fsp3) is 0.231. The normalized spacial score (nSPS) is 11.4. The van der Waals surface area contributed by atoms with E-state index in [0.717, 1.165) is 22.7 Å². The first kappa shape index (κ1) is 25.5. The summed E-state index contributed by atoms with van der Waals surface area (Å²) in [5.74, 6) is -0.388. The Bertz CT molecular complexity index is 1460. The van der Waals surface area contributed by atoms with Crippen LogP contribution < -0.4 is 16.0 Å². The van der Waals surface area contributed by atoms with Crippen LogP contribution in [0.4, 0.5) is 21.6 Å². The highest BCUT2D eigenvalue weighted by molar-refractivity contribution is 7.14. The van der Waals surface area contributed by atoms with Crippen LogP contribution in [-0.2, 0) is 11.3 Å². The van der Waals surface area contributed by atoms with Crippen molar-refractivity contribution in [2.24, 2.45) is 5.41 Å². The van der Waals surface area contributed by atoms with E-state index in [1.165, 1.54) is 12.1 Å². The number of hydrogen-bond donors (Lipinski definition) is 3. The smallest absolute Gasteiger partial charge is 0.257 e. The van der Waals surface area contributed by atoms with Gasteiger partial charge >= 0.3 is 0 Å². The summed E-state index contributed by atoms with van der Waals surface area (Å²) in [4.78, 5) is 29.7. The molecule has 0 aliphatic rings. The molecule has 4 rings (SSSR count). The summed E-state index contributed by atoms with van der Waals surface area (Å²) in [6.07, 6.45) is 1.57. The number of rotatable bonds is 6. The Hall–Kier alpha value is -3.56. The molecule has 3 N–H and O–H groups in total. The second-order valence-corrected chi connectivity index (χ2v) is 10.5. The Labute approximate surface area is 217 Å². The van der Waals surface area contributed by atoms with E-state index in [-0.39, 0.29) is 28.9 Å². The second kappa shape index (κ2) is 10.2. The number of pyridine rings is 1. The predicted octanol–water partition coefficient (Wildman–Crippen LogP) is 6.45. The van der Waals surface area contributed by atoms with Crippen LogP contribution in [0.15, 0.2) is 48.7 Å². The lowest BCUT2D eigenvalue weighted by Crippen LogP contribution is -2.34. The van der Waals surface area contributed by atoms with E-state index in [9.17, 15) is 14.0 Å². The summed E-state index contributed by atoms with van der Waals surface area (Å²) in [6.45, 7) is 7.63. The minimum Gasteiger partial charge on any atom is -0.352 e. The maximum absolute atomic E-state index is 13.7. The lowest BCUT2D eigenvalue weighted by atomic mass is 9.95. The molecule has 2 aromatic heterocycles. The van der Waals surface area contributed by atoms with Gasteiger partial charge in [-0.1, -0.05) is 44.5 Å². The maximum Gasteiger partial charge on any atom is 0.257 e. The Balaban J connectivity index is 1.55. The van der Waals surface area contributed by atoms with Crippen LogP contribution >= 0.6 is 23.1 Å². The predicted molar refractivity (Wildman–Crippen MR) is 143 cm³/mol. The van der Waals surface area contributed by atoms with Gasteiger partial charge in [-0.25, -0.2) is 4.39 Å². The molecule has 0 unspecified atom stereocenters. The SMILES string of the molecule is Cc1ccc(F)cc1Nc1nsc2c(NC(=O)c3cc(CNC(=O)C(C)(C)C)ccc3Cl)ccnc12. The number of amides is 2. The zero-order valence-electron chi connectivity index (χ0n) is 20.2. The van der Waals surface area contributed by atoms with E-state index in [0.29, 0.717) is 27.4 Å². The third kappa shape index (κ3) is 5.63. The van der Waals surface area contributed by atoms with Crippen molar-refractivity contribution in [3.63, 3.8) is 0 Å². The monoisotopic (exact) mass is 525 g/mol. The van der Waals surface area contributed by atoms with E-state index in [2.05, 4.69) is 25.3 Å². The first-order valence-electron chi connectivity index (χ1n) is 11.2. The Kier molecular flexibility index (Phi) is 7.23. The number of carbonyl (C=O) groups is 2. The second-order valence-electron chi connectivity index (χ2n) is 9.35. The number of benzene rings is 2. The molecule has 0 radical (unpaired) electrons. The van der Waals surface area contributed by atoms with Crippen molar-refractivity contribution in [3.8, 4) is 0 Å². The highest BCUT2D eigenvalue weighted by Gasteiger charge is 2.21. The summed E-state index contributed by atoms with van der Waals surface area (Å²) < 4.78 is 18.8. The average Bonchev–Trinajstić information content (AvgIpc) is 3.23. The molecule has 4 aromatic rings. The molecule has 0 bridgehead atoms. The standard InChI is InChI=1S/C26H25ClFN5O2S/c1-14-5-7-16(28)12-20(14)31-23-21-22(36-33-23)19(9-10-29-21)32-24(34)17-11-15(6-8-18(17)27)13-30-25(35)26(2,3)4/h5-12H,13H2,1-4H3,(H,30,35)(H,31,33)(H,29,32,34). The van der Waals surface area contributed by atoms with E-state index in [1.807, 2.05) is 27.7 Å². The number of carbonyl (C=O) groups excluding carboxylic acids is 2. The van der Waals surface area contributed by atoms with Crippen LogP contribution in [0.1, 0.15) is 42.3 Å². The van der Waals surface area contributed by atoms with Gasteiger partial charge in [0.2, 0.25) is 5.91 Å². The van der Waals surface area contributed by atoms with Crippen molar-refractivity contribution in [2.45, 2.75) is 34.2 Å². The zero-order valence-corrected chi connectivity index (χ0v) is 21.8. The lowest BCUT2D eigenvalue weighted by molar-refractivity contribution is -0.128. The molecule has 0 fully saturated rings. The molecule has 2 amide bonds. The van der Waals surface area contributed by atoms with Gasteiger partial charge in [-0.15, -0.1) is 0 Å². The van der Waals surface area contributed by atoms with Gasteiger partial charge in [0.1, 0.15) is 11.3 Å². The molecule has 2 aromatic carbocycles. The molecule has 0 atom stereocenters. The minimum atomic E-state index is -0.519. The van der Waals surface area contributed by atoms with E-state index in [1.54, 1.807) is 36.5 Å². The van der Waals surface area contributed by atoms with Crippen molar-refractivity contribution in [1.82, 2.24) is 14.7 Å². The van der Waals surface area contributed by atoms with Gasteiger partial charge in [-0.05, 0) is 59.9 Å². The molecule has 36 heavy (non-hydrogen) atoms. The van der Waals surface area contributed by atoms with Crippen molar-refractivity contribution in [2.75, 3.05) is 10.6 Å². The molecule has 0 aliphatic heterocycles. The topological polar surface area (TPSA) is 96.0 Å². The van der Waals surface area contributed by atoms with E-state index >= 15 is 0 Å². The highest BCUT2D eigenvalue weighted by atomic mass is 35.5. The van der Waals surface area contributed by atoms with Crippen molar-refractivity contribution < 1.29 is 14.0 Å². The zero-order chi connectivity index (χ0) is 26.0. The van der Waals surface area contributed by atoms with Gasteiger partial charge in [0, 0.05) is 23.8 Å². The van der Waals surface area contributed by atoms with Crippen LogP contribution in [0.5, 0.6) is 0 Å². The number of fused-ring (bicyclic) bond motifs is 1. The van der Waals surface area contributed by atoms with Gasteiger partial charge in [0.05, 0.1) is 21.0 Å². The van der Waals surface area contributed by atoms with Crippen LogP contribution in [-0.4, -0.2) is 21.2 Å². The van der Waals surface area contributed by atoms with Crippen LogP contribution in [0.2, 0.25) is 5.02 Å². The summed E-state index contributed by atoms with van der Waals surface area (Å²) >= 11 is 7.49. The van der Waals surface area contributed by atoms with Gasteiger partial charge in [-0.2, -0.15) is 4.37 Å². The molecule has 10 heteroatoms. The van der Waals surface area contributed by atoms with Crippen LogP contribution in [0.3, 0.4) is 0 Å². The van der Waals surface area contributed by atoms with Gasteiger partial charge in [-0.3, -0.25) is 14.6 Å². The van der Waals surface area contributed by atoms with Crippen molar-refractivity contribution >= 4 is 62.4 Å². The summed E-state index contributed by atoms with van der Waals surface area (Å²) in [7, 11) is 0. The number of hydrogen-bond acceptors (Lipinski definition) is 6. The van der Waals surface area contributed by atoms with Crippen molar-refractivity contribution in [3.05, 3.63) is 76.2 Å². The number of halogens is 2. The van der Waals surface area contributed by atoms with Crippen LogP contribution in [0.25, 0.3) is 10.2 Å².